The van der Waals surface area contributed by atoms with Gasteiger partial charge in [0.25, 0.3) is 5.91 Å². The lowest BCUT2D eigenvalue weighted by Crippen LogP contribution is -2.33. The fourth-order valence-electron chi connectivity index (χ4n) is 1.85. The summed E-state index contributed by atoms with van der Waals surface area (Å²) in [5.41, 5.74) is 6.37. The quantitative estimate of drug-likeness (QED) is 0.841. The molecule has 1 rings (SSSR count). The molecule has 1 aromatic heterocycles. The summed E-state index contributed by atoms with van der Waals surface area (Å²) >= 11 is 1.30. The average molecular weight is 284 g/mol. The van der Waals surface area contributed by atoms with Gasteiger partial charge in [0.15, 0.2) is 5.82 Å². The molecule has 5 nitrogen and oxygen atoms in total. The molecule has 0 bridgehead atoms. The molecule has 1 heterocycles. The molecule has 0 saturated heterocycles. The van der Waals surface area contributed by atoms with Crippen LogP contribution in [0.1, 0.15) is 45.0 Å². The van der Waals surface area contributed by atoms with E-state index in [4.69, 9.17) is 5.73 Å². The Morgan fingerprint density at radius 1 is 1.42 bits per heavy atom. The summed E-state index contributed by atoms with van der Waals surface area (Å²) in [4.78, 5) is 14.4. The normalized spacial score (nSPS) is 11.1. The Kier molecular flexibility index (Phi) is 5.60. The van der Waals surface area contributed by atoms with E-state index in [-0.39, 0.29) is 11.9 Å². The van der Waals surface area contributed by atoms with Crippen LogP contribution in [0.5, 0.6) is 0 Å². The Bertz CT molecular complexity index is 428. The molecule has 0 aliphatic rings. The van der Waals surface area contributed by atoms with Crippen LogP contribution in [-0.4, -0.2) is 29.4 Å². The van der Waals surface area contributed by atoms with E-state index in [9.17, 15) is 4.79 Å². The highest BCUT2D eigenvalue weighted by atomic mass is 32.1. The van der Waals surface area contributed by atoms with Crippen molar-refractivity contribution in [2.45, 2.75) is 40.7 Å². The number of amides is 1. The summed E-state index contributed by atoms with van der Waals surface area (Å²) in [7, 11) is 0. The number of nitrogens with zero attached hydrogens (tertiary/aromatic N) is 2. The number of anilines is 2. The van der Waals surface area contributed by atoms with Gasteiger partial charge >= 0.3 is 0 Å². The molecule has 108 valence electrons. The number of nitrogens with two attached hydrogens (primary N) is 1. The first kappa shape index (κ1) is 15.8. The number of nitrogens with one attached hydrogen (secondary N) is 1. The summed E-state index contributed by atoms with van der Waals surface area (Å²) in [5, 5.41) is 3.75. The minimum atomic E-state index is -0.140. The molecule has 0 unspecified atom stereocenters. The molecule has 0 aromatic carbocycles. The van der Waals surface area contributed by atoms with E-state index >= 15 is 0 Å². The van der Waals surface area contributed by atoms with Crippen molar-refractivity contribution >= 4 is 28.3 Å². The molecule has 6 heteroatoms. The Morgan fingerprint density at radius 3 is 2.53 bits per heavy atom. The van der Waals surface area contributed by atoms with Crippen molar-refractivity contribution in [1.29, 1.82) is 0 Å². The van der Waals surface area contributed by atoms with Crippen molar-refractivity contribution in [3.63, 3.8) is 0 Å². The SMILES string of the molecule is CCN(CC(C)C)c1snc(N)c1C(=O)NC(C)C. The van der Waals surface area contributed by atoms with Crippen molar-refractivity contribution < 1.29 is 4.79 Å². The average Bonchev–Trinajstić information content (AvgIpc) is 2.66. The molecule has 0 saturated carbocycles. The van der Waals surface area contributed by atoms with Crippen LogP contribution in [-0.2, 0) is 0 Å². The predicted molar refractivity (Wildman–Crippen MR) is 81.9 cm³/mol. The van der Waals surface area contributed by atoms with Crippen molar-refractivity contribution in [2.24, 2.45) is 5.92 Å². The lowest BCUT2D eigenvalue weighted by molar-refractivity contribution is 0.0944. The van der Waals surface area contributed by atoms with Crippen LogP contribution in [0.2, 0.25) is 0 Å². The van der Waals surface area contributed by atoms with Gasteiger partial charge in [-0.3, -0.25) is 4.79 Å². The lowest BCUT2D eigenvalue weighted by atomic mass is 10.2. The first-order valence-corrected chi connectivity index (χ1v) is 7.45. The molecule has 1 amide bonds. The molecular weight excluding hydrogens is 260 g/mol. The highest BCUT2D eigenvalue weighted by molar-refractivity contribution is 7.11. The van der Waals surface area contributed by atoms with Crippen LogP contribution in [0.4, 0.5) is 10.8 Å². The van der Waals surface area contributed by atoms with Crippen LogP contribution in [0.3, 0.4) is 0 Å². The van der Waals surface area contributed by atoms with Gasteiger partial charge in [0.05, 0.1) is 0 Å². The molecule has 0 fully saturated rings. The molecule has 0 aliphatic carbocycles. The van der Waals surface area contributed by atoms with Gasteiger partial charge in [-0.05, 0) is 38.2 Å². The summed E-state index contributed by atoms with van der Waals surface area (Å²) in [5.74, 6) is 0.697. The van der Waals surface area contributed by atoms with Gasteiger partial charge in [-0.25, -0.2) is 0 Å². The molecular formula is C13H24N4OS. The number of aromatic nitrogens is 1. The molecule has 0 atom stereocenters. The highest BCUT2D eigenvalue weighted by Crippen LogP contribution is 2.31. The van der Waals surface area contributed by atoms with E-state index < -0.39 is 0 Å². The van der Waals surface area contributed by atoms with Crippen LogP contribution < -0.4 is 16.0 Å². The summed E-state index contributed by atoms with van der Waals surface area (Å²) in [6, 6.07) is 0.0832. The number of carbonyl (C=O) groups is 1. The maximum atomic E-state index is 12.2. The Balaban J connectivity index is 3.04. The molecule has 0 aliphatic heterocycles. The smallest absolute Gasteiger partial charge is 0.258 e. The predicted octanol–water partition coefficient (Wildman–Crippen LogP) is 2.35. The van der Waals surface area contributed by atoms with E-state index in [1.54, 1.807) is 0 Å². The zero-order valence-electron chi connectivity index (χ0n) is 12.4. The first-order valence-electron chi connectivity index (χ1n) is 6.67. The van der Waals surface area contributed by atoms with Crippen molar-refractivity contribution in [3.8, 4) is 0 Å². The highest BCUT2D eigenvalue weighted by Gasteiger charge is 2.23. The topological polar surface area (TPSA) is 71.2 Å². The van der Waals surface area contributed by atoms with E-state index in [0.29, 0.717) is 17.3 Å². The minimum Gasteiger partial charge on any atom is -0.382 e. The largest absolute Gasteiger partial charge is 0.382 e. The second-order valence-corrected chi connectivity index (χ2v) is 6.06. The Labute approximate surface area is 119 Å². The van der Waals surface area contributed by atoms with Crippen LogP contribution >= 0.6 is 11.5 Å². The lowest BCUT2D eigenvalue weighted by Gasteiger charge is -2.24. The van der Waals surface area contributed by atoms with Gasteiger partial charge in [0.1, 0.15) is 10.6 Å². The fourth-order valence-corrected chi connectivity index (χ4v) is 2.74. The zero-order chi connectivity index (χ0) is 14.6. The van der Waals surface area contributed by atoms with Gasteiger partial charge in [0, 0.05) is 19.1 Å². The molecule has 0 radical (unpaired) electrons. The third-order valence-corrected chi connectivity index (χ3v) is 3.53. The maximum absolute atomic E-state index is 12.2. The van der Waals surface area contributed by atoms with Crippen LogP contribution in [0, 0.1) is 5.92 Å². The van der Waals surface area contributed by atoms with Gasteiger partial charge in [-0.15, -0.1) is 0 Å². The maximum Gasteiger partial charge on any atom is 0.258 e. The van der Waals surface area contributed by atoms with E-state index in [1.165, 1.54) is 11.5 Å². The van der Waals surface area contributed by atoms with E-state index in [0.717, 1.165) is 18.1 Å². The third-order valence-electron chi connectivity index (χ3n) is 2.60. The monoisotopic (exact) mass is 284 g/mol. The van der Waals surface area contributed by atoms with Crippen molar-refractivity contribution in [2.75, 3.05) is 23.7 Å². The second-order valence-electron chi connectivity index (χ2n) is 5.31. The number of rotatable bonds is 6. The number of carbonyl (C=O) groups excluding carboxylic acids is 1. The van der Waals surface area contributed by atoms with Crippen LogP contribution in [0.25, 0.3) is 0 Å². The summed E-state index contributed by atoms with van der Waals surface area (Å²) in [6.07, 6.45) is 0. The van der Waals surface area contributed by atoms with Gasteiger partial charge in [-0.1, -0.05) is 13.8 Å². The Morgan fingerprint density at radius 2 is 2.05 bits per heavy atom. The van der Waals surface area contributed by atoms with E-state index in [1.807, 2.05) is 13.8 Å². The summed E-state index contributed by atoms with van der Waals surface area (Å²) in [6.45, 7) is 12.0. The van der Waals surface area contributed by atoms with E-state index in [2.05, 4.69) is 35.4 Å². The Hall–Kier alpha value is -1.30. The van der Waals surface area contributed by atoms with Gasteiger partial charge < -0.3 is 16.0 Å². The van der Waals surface area contributed by atoms with Crippen molar-refractivity contribution in [1.82, 2.24) is 9.69 Å². The van der Waals surface area contributed by atoms with Crippen LogP contribution in [0.15, 0.2) is 0 Å². The minimum absolute atomic E-state index is 0.0832. The van der Waals surface area contributed by atoms with Gasteiger partial charge in [-0.2, -0.15) is 4.37 Å². The summed E-state index contributed by atoms with van der Waals surface area (Å²) < 4.78 is 4.14. The molecule has 3 N–H and O–H groups in total. The standard InChI is InChI=1S/C13H24N4OS/c1-6-17(7-8(2)3)13-10(11(14)16-19-13)12(18)15-9(4)5/h8-9H,6-7H2,1-5H3,(H2,14,16)(H,15,18). The third kappa shape index (κ3) is 4.09. The van der Waals surface area contributed by atoms with Gasteiger partial charge in [0.2, 0.25) is 0 Å². The molecule has 1 aromatic rings. The fraction of sp³-hybridized carbons (Fsp3) is 0.692. The first-order chi connectivity index (χ1) is 8.86. The number of hydrogen-bond acceptors (Lipinski definition) is 5. The number of nitrogen functional groups attached to an aromatic ring is 1. The second kappa shape index (κ2) is 6.75. The number of hydrogen-bond donors (Lipinski definition) is 2. The molecule has 19 heavy (non-hydrogen) atoms. The van der Waals surface area contributed by atoms with Crippen molar-refractivity contribution in [3.05, 3.63) is 5.56 Å². The molecule has 0 spiro atoms. The zero-order valence-corrected chi connectivity index (χ0v) is 13.2.